The summed E-state index contributed by atoms with van der Waals surface area (Å²) in [5.74, 6) is -1.06. The van der Waals surface area contributed by atoms with Crippen molar-refractivity contribution in [3.05, 3.63) is 0 Å². The van der Waals surface area contributed by atoms with E-state index < -0.39 is 12.1 Å². The number of piperidine rings is 1. The van der Waals surface area contributed by atoms with Crippen LogP contribution in [0.2, 0.25) is 0 Å². The number of halogens is 4. The normalized spacial score (nSPS) is 22.2. The molecule has 1 aliphatic rings. The minimum absolute atomic E-state index is 0.278. The maximum atomic E-state index is 12.2. The predicted octanol–water partition coefficient (Wildman–Crippen LogP) is 2.70. The van der Waals surface area contributed by atoms with Crippen LogP contribution in [0.15, 0.2) is 0 Å². The molecule has 78 valence electrons. The molecular formula is C8H13F3IN. The molecular weight excluding hydrogens is 294 g/mol. The molecule has 13 heavy (non-hydrogen) atoms. The minimum Gasteiger partial charge on any atom is -0.303 e. The molecule has 0 aromatic heterocycles. The van der Waals surface area contributed by atoms with Gasteiger partial charge in [-0.25, -0.2) is 0 Å². The van der Waals surface area contributed by atoms with Crippen LogP contribution in [-0.4, -0.2) is 35.1 Å². The van der Waals surface area contributed by atoms with Crippen LogP contribution >= 0.6 is 22.6 Å². The molecule has 5 heteroatoms. The van der Waals surface area contributed by atoms with Crippen LogP contribution in [0, 0.1) is 5.92 Å². The number of nitrogens with zero attached hydrogens (tertiary/aromatic N) is 1. The van der Waals surface area contributed by atoms with Crippen LogP contribution in [-0.2, 0) is 0 Å². The number of likely N-dealkylation sites (tertiary alicyclic amines) is 1. The zero-order valence-corrected chi connectivity index (χ0v) is 9.44. The van der Waals surface area contributed by atoms with Crippen molar-refractivity contribution in [2.75, 3.05) is 24.1 Å². The highest BCUT2D eigenvalue weighted by atomic mass is 127. The van der Waals surface area contributed by atoms with Gasteiger partial charge in [0, 0.05) is 11.0 Å². The lowest BCUT2D eigenvalue weighted by Crippen LogP contribution is -2.39. The van der Waals surface area contributed by atoms with E-state index in [0.29, 0.717) is 13.1 Å². The van der Waals surface area contributed by atoms with Gasteiger partial charge >= 0.3 is 6.18 Å². The molecule has 0 atom stereocenters. The lowest BCUT2D eigenvalue weighted by molar-refractivity contribution is -0.184. The maximum absolute atomic E-state index is 12.2. The fourth-order valence-electron chi connectivity index (χ4n) is 1.60. The molecule has 1 saturated heterocycles. The van der Waals surface area contributed by atoms with E-state index in [-0.39, 0.29) is 12.8 Å². The summed E-state index contributed by atoms with van der Waals surface area (Å²) in [5.41, 5.74) is 0. The van der Waals surface area contributed by atoms with E-state index in [1.165, 1.54) is 0 Å². The van der Waals surface area contributed by atoms with Crippen molar-refractivity contribution in [3.63, 3.8) is 0 Å². The van der Waals surface area contributed by atoms with Crippen molar-refractivity contribution >= 4 is 22.6 Å². The highest BCUT2D eigenvalue weighted by Gasteiger charge is 2.40. The second-order valence-corrected chi connectivity index (χ2v) is 4.43. The molecule has 0 spiro atoms. The third kappa shape index (κ3) is 3.61. The highest BCUT2D eigenvalue weighted by molar-refractivity contribution is 14.1. The molecule has 0 saturated carbocycles. The van der Waals surface area contributed by atoms with Crippen molar-refractivity contribution in [1.29, 1.82) is 0 Å². The van der Waals surface area contributed by atoms with Gasteiger partial charge < -0.3 is 4.90 Å². The topological polar surface area (TPSA) is 3.24 Å². The van der Waals surface area contributed by atoms with Crippen LogP contribution in [0.1, 0.15) is 12.8 Å². The Morgan fingerprint density at radius 2 is 1.77 bits per heavy atom. The molecule has 1 fully saturated rings. The molecule has 1 rings (SSSR count). The Kier molecular flexibility index (Phi) is 4.28. The van der Waals surface area contributed by atoms with Gasteiger partial charge in [-0.1, -0.05) is 22.6 Å². The molecule has 0 aromatic carbocycles. The quantitative estimate of drug-likeness (QED) is 0.560. The summed E-state index contributed by atoms with van der Waals surface area (Å²) in [4.78, 5) is 2.11. The van der Waals surface area contributed by atoms with Crippen molar-refractivity contribution in [3.8, 4) is 0 Å². The van der Waals surface area contributed by atoms with E-state index in [4.69, 9.17) is 0 Å². The molecule has 1 nitrogen and oxygen atoms in total. The molecule has 1 aliphatic heterocycles. The monoisotopic (exact) mass is 307 g/mol. The summed E-state index contributed by atoms with van der Waals surface area (Å²) in [6.07, 6.45) is -3.42. The lowest BCUT2D eigenvalue weighted by Gasteiger charge is -2.32. The Bertz CT molecular complexity index is 152. The summed E-state index contributed by atoms with van der Waals surface area (Å²) in [7, 11) is 0. The van der Waals surface area contributed by atoms with Gasteiger partial charge in [0.15, 0.2) is 0 Å². The van der Waals surface area contributed by atoms with Gasteiger partial charge in [-0.05, 0) is 25.9 Å². The van der Waals surface area contributed by atoms with Crippen LogP contribution in [0.4, 0.5) is 13.2 Å². The molecule has 0 amide bonds. The smallest absolute Gasteiger partial charge is 0.303 e. The van der Waals surface area contributed by atoms with Crippen molar-refractivity contribution < 1.29 is 13.2 Å². The molecule has 0 N–H and O–H groups in total. The molecule has 0 aromatic rings. The van der Waals surface area contributed by atoms with Crippen molar-refractivity contribution in [2.24, 2.45) is 5.92 Å². The third-order valence-corrected chi connectivity index (χ3v) is 2.93. The largest absolute Gasteiger partial charge is 0.391 e. The summed E-state index contributed by atoms with van der Waals surface area (Å²) < 4.78 is 37.7. The molecule has 1 heterocycles. The van der Waals surface area contributed by atoms with Crippen molar-refractivity contribution in [2.45, 2.75) is 19.0 Å². The van der Waals surface area contributed by atoms with Crippen LogP contribution in [0.5, 0.6) is 0 Å². The second-order valence-electron chi connectivity index (χ2n) is 3.35. The zero-order valence-electron chi connectivity index (χ0n) is 7.28. The Morgan fingerprint density at radius 1 is 1.23 bits per heavy atom. The minimum atomic E-state index is -3.98. The van der Waals surface area contributed by atoms with Gasteiger partial charge in [-0.3, -0.25) is 0 Å². The Hall–Kier alpha value is 0.480. The van der Waals surface area contributed by atoms with E-state index in [1.54, 1.807) is 0 Å². The zero-order chi connectivity index (χ0) is 9.90. The van der Waals surface area contributed by atoms with Gasteiger partial charge in [0.2, 0.25) is 0 Å². The fourth-order valence-corrected chi connectivity index (χ4v) is 2.29. The van der Waals surface area contributed by atoms with Gasteiger partial charge in [-0.15, -0.1) is 0 Å². The Labute approximate surface area is 89.8 Å². The SMILES string of the molecule is FC(F)(F)C1CCN(CCI)CC1. The van der Waals surface area contributed by atoms with Gasteiger partial charge in [0.1, 0.15) is 0 Å². The first-order valence-electron chi connectivity index (χ1n) is 4.39. The summed E-state index contributed by atoms with van der Waals surface area (Å²) in [5, 5.41) is 0. The Balaban J connectivity index is 2.30. The van der Waals surface area contributed by atoms with Crippen molar-refractivity contribution in [1.82, 2.24) is 4.90 Å². The third-order valence-electron chi connectivity index (χ3n) is 2.45. The molecule has 0 radical (unpaired) electrons. The number of rotatable bonds is 2. The fraction of sp³-hybridized carbons (Fsp3) is 1.00. The van der Waals surface area contributed by atoms with Gasteiger partial charge in [0.25, 0.3) is 0 Å². The summed E-state index contributed by atoms with van der Waals surface area (Å²) in [6.45, 7) is 2.13. The first-order chi connectivity index (χ1) is 6.04. The van der Waals surface area contributed by atoms with Crippen LogP contribution < -0.4 is 0 Å². The number of hydrogen-bond donors (Lipinski definition) is 0. The molecule has 0 bridgehead atoms. The molecule has 0 unspecified atom stereocenters. The van der Waals surface area contributed by atoms with Gasteiger partial charge in [0.05, 0.1) is 5.92 Å². The van der Waals surface area contributed by atoms with Crippen LogP contribution in [0.3, 0.4) is 0 Å². The predicted molar refractivity (Wildman–Crippen MR) is 54.1 cm³/mol. The average Bonchev–Trinajstić information content (AvgIpc) is 2.04. The highest BCUT2D eigenvalue weighted by Crippen LogP contribution is 2.33. The first kappa shape index (κ1) is 11.6. The first-order valence-corrected chi connectivity index (χ1v) is 5.91. The average molecular weight is 307 g/mol. The standard InChI is InChI=1S/C8H13F3IN/c9-8(10,11)7-1-4-13(5-2-7)6-3-12/h7H,1-6H2. The van der Waals surface area contributed by atoms with Crippen LogP contribution in [0.25, 0.3) is 0 Å². The second kappa shape index (κ2) is 4.82. The maximum Gasteiger partial charge on any atom is 0.391 e. The summed E-state index contributed by atoms with van der Waals surface area (Å²) >= 11 is 2.25. The van der Waals surface area contributed by atoms with E-state index in [9.17, 15) is 13.2 Å². The molecule has 0 aliphatic carbocycles. The number of hydrogen-bond acceptors (Lipinski definition) is 1. The lowest BCUT2D eigenvalue weighted by atomic mass is 9.96. The van der Waals surface area contributed by atoms with E-state index in [2.05, 4.69) is 27.5 Å². The number of alkyl halides is 4. The van der Waals surface area contributed by atoms with Gasteiger partial charge in [-0.2, -0.15) is 13.2 Å². The Morgan fingerprint density at radius 3 is 2.15 bits per heavy atom. The van der Waals surface area contributed by atoms with E-state index >= 15 is 0 Å². The van der Waals surface area contributed by atoms with E-state index in [0.717, 1.165) is 11.0 Å². The summed E-state index contributed by atoms with van der Waals surface area (Å²) in [6, 6.07) is 0. The van der Waals surface area contributed by atoms with E-state index in [1.807, 2.05) is 0 Å².